The van der Waals surface area contributed by atoms with E-state index in [1.165, 1.54) is 0 Å². The molecular weight excluding hydrogens is 311 g/mol. The third-order valence-electron chi connectivity index (χ3n) is 4.29. The predicted octanol–water partition coefficient (Wildman–Crippen LogP) is 2.73. The van der Waals surface area contributed by atoms with Crippen molar-refractivity contribution in [1.29, 1.82) is 0 Å². The Morgan fingerprint density at radius 2 is 1.95 bits per heavy atom. The fourth-order valence-electron chi connectivity index (χ4n) is 3.15. The molecule has 0 bridgehead atoms. The number of halogens is 2. The zero-order valence-corrected chi connectivity index (χ0v) is 13.0. The van der Waals surface area contributed by atoms with Gasteiger partial charge in [0, 0.05) is 25.6 Å². The van der Waals surface area contributed by atoms with Gasteiger partial charge in [-0.1, -0.05) is 29.3 Å². The van der Waals surface area contributed by atoms with Gasteiger partial charge in [-0.3, -0.25) is 9.59 Å². The maximum Gasteiger partial charge on any atom is 0.256 e. The number of hydrogen-bond acceptors (Lipinski definition) is 2. The summed E-state index contributed by atoms with van der Waals surface area (Å²) in [5, 5.41) is 3.77. The Morgan fingerprint density at radius 1 is 1.24 bits per heavy atom. The number of rotatable bonds is 1. The fourth-order valence-corrected chi connectivity index (χ4v) is 3.71. The molecule has 112 valence electrons. The van der Waals surface area contributed by atoms with Crippen LogP contribution in [0.2, 0.25) is 10.0 Å². The van der Waals surface area contributed by atoms with Crippen LogP contribution in [0.3, 0.4) is 0 Å². The van der Waals surface area contributed by atoms with Crippen molar-refractivity contribution in [1.82, 2.24) is 10.2 Å². The lowest BCUT2D eigenvalue weighted by molar-refractivity contribution is -0.125. The van der Waals surface area contributed by atoms with Crippen LogP contribution in [0.15, 0.2) is 18.2 Å². The lowest BCUT2D eigenvalue weighted by atomic mass is 9.85. The minimum atomic E-state index is -0.124. The summed E-state index contributed by atoms with van der Waals surface area (Å²) in [7, 11) is 0. The van der Waals surface area contributed by atoms with Crippen molar-refractivity contribution in [2.45, 2.75) is 25.3 Å². The van der Waals surface area contributed by atoms with Crippen LogP contribution in [-0.4, -0.2) is 35.8 Å². The molecule has 1 aromatic rings. The van der Waals surface area contributed by atoms with Crippen molar-refractivity contribution in [3.63, 3.8) is 0 Å². The number of amides is 2. The van der Waals surface area contributed by atoms with Crippen molar-refractivity contribution in [3.8, 4) is 0 Å². The number of benzene rings is 1. The van der Waals surface area contributed by atoms with Gasteiger partial charge >= 0.3 is 0 Å². The summed E-state index contributed by atoms with van der Waals surface area (Å²) >= 11 is 12.2. The Balaban J connectivity index is 1.76. The molecule has 2 fully saturated rings. The normalized spacial score (nSPS) is 25.2. The monoisotopic (exact) mass is 326 g/mol. The molecule has 2 aliphatic heterocycles. The summed E-state index contributed by atoms with van der Waals surface area (Å²) in [5.74, 6) is 0.313. The number of likely N-dealkylation sites (tertiary alicyclic amines) is 1. The van der Waals surface area contributed by atoms with Crippen LogP contribution in [0, 0.1) is 5.92 Å². The maximum absolute atomic E-state index is 12.6. The number of nitrogens with one attached hydrogen (secondary N) is 1. The molecule has 2 heterocycles. The van der Waals surface area contributed by atoms with Gasteiger partial charge in [0.25, 0.3) is 5.91 Å². The molecule has 2 unspecified atom stereocenters. The van der Waals surface area contributed by atoms with Gasteiger partial charge in [-0.15, -0.1) is 0 Å². The first-order chi connectivity index (χ1) is 10.1. The number of piperidine rings is 2. The summed E-state index contributed by atoms with van der Waals surface area (Å²) in [6.45, 7) is 1.26. The molecule has 3 rings (SSSR count). The van der Waals surface area contributed by atoms with Crippen LogP contribution in [0.1, 0.15) is 29.6 Å². The Bertz CT molecular complexity index is 571. The average molecular weight is 327 g/mol. The maximum atomic E-state index is 12.6. The van der Waals surface area contributed by atoms with E-state index in [1.807, 2.05) is 0 Å². The first kappa shape index (κ1) is 14.7. The Hall–Kier alpha value is -1.26. The zero-order valence-electron chi connectivity index (χ0n) is 11.4. The second kappa shape index (κ2) is 5.85. The van der Waals surface area contributed by atoms with Crippen LogP contribution >= 0.6 is 23.2 Å². The molecule has 2 saturated heterocycles. The first-order valence-electron chi connectivity index (χ1n) is 7.09. The van der Waals surface area contributed by atoms with Gasteiger partial charge in [0.2, 0.25) is 5.91 Å². The number of fused-ring (bicyclic) bond motifs is 1. The summed E-state index contributed by atoms with van der Waals surface area (Å²) in [5.41, 5.74) is 0.374. The smallest absolute Gasteiger partial charge is 0.256 e. The van der Waals surface area contributed by atoms with E-state index in [2.05, 4.69) is 5.32 Å². The number of nitrogens with zero attached hydrogens (tertiary/aromatic N) is 1. The fraction of sp³-hybridized carbons (Fsp3) is 0.467. The topological polar surface area (TPSA) is 49.4 Å². The molecule has 0 spiro atoms. The second-order valence-electron chi connectivity index (χ2n) is 5.61. The van der Waals surface area contributed by atoms with Gasteiger partial charge in [-0.05, 0) is 30.9 Å². The largest absolute Gasteiger partial charge is 0.353 e. The third kappa shape index (κ3) is 2.87. The molecule has 4 nitrogen and oxygen atoms in total. The number of carbonyl (C=O) groups is 2. The molecule has 0 aliphatic carbocycles. The van der Waals surface area contributed by atoms with Crippen LogP contribution < -0.4 is 5.32 Å². The quantitative estimate of drug-likeness (QED) is 0.862. The molecule has 2 aliphatic rings. The van der Waals surface area contributed by atoms with Gasteiger partial charge in [0.05, 0.1) is 15.6 Å². The molecule has 0 saturated carbocycles. The van der Waals surface area contributed by atoms with E-state index in [9.17, 15) is 9.59 Å². The van der Waals surface area contributed by atoms with E-state index >= 15 is 0 Å². The molecule has 21 heavy (non-hydrogen) atoms. The van der Waals surface area contributed by atoms with Crippen molar-refractivity contribution >= 4 is 35.0 Å². The van der Waals surface area contributed by atoms with Gasteiger partial charge in [-0.2, -0.15) is 0 Å². The minimum Gasteiger partial charge on any atom is -0.353 e. The molecular formula is C15H16Cl2N2O2. The highest BCUT2D eigenvalue weighted by atomic mass is 35.5. The van der Waals surface area contributed by atoms with E-state index in [4.69, 9.17) is 23.2 Å². The highest BCUT2D eigenvalue weighted by Crippen LogP contribution is 2.30. The number of carbonyl (C=O) groups excluding carboxylic acids is 2. The molecule has 6 heteroatoms. The standard InChI is InChI=1S/C15H16Cl2N2O2/c16-10-2-1-3-11(17)14(10)15(21)19-7-6-12-9(8-19)4-5-13(20)18-12/h1-3,9,12H,4-8H2,(H,18,20). The van der Waals surface area contributed by atoms with Gasteiger partial charge in [-0.25, -0.2) is 0 Å². The number of hydrogen-bond donors (Lipinski definition) is 1. The van der Waals surface area contributed by atoms with Gasteiger partial charge < -0.3 is 10.2 Å². The first-order valence-corrected chi connectivity index (χ1v) is 7.84. The van der Waals surface area contributed by atoms with Crippen LogP contribution in [0.4, 0.5) is 0 Å². The molecule has 1 N–H and O–H groups in total. The third-order valence-corrected chi connectivity index (χ3v) is 4.92. The van der Waals surface area contributed by atoms with Gasteiger partial charge in [0.15, 0.2) is 0 Å². The summed E-state index contributed by atoms with van der Waals surface area (Å²) in [6.07, 6.45) is 2.15. The van der Waals surface area contributed by atoms with E-state index in [1.54, 1.807) is 23.1 Å². The van der Waals surface area contributed by atoms with Crippen LogP contribution in [0.5, 0.6) is 0 Å². The van der Waals surface area contributed by atoms with E-state index in [0.717, 1.165) is 12.8 Å². The molecule has 1 aromatic carbocycles. The van der Waals surface area contributed by atoms with Crippen LogP contribution in [0.25, 0.3) is 0 Å². The minimum absolute atomic E-state index is 0.116. The molecule has 2 amide bonds. The molecule has 2 atom stereocenters. The van der Waals surface area contributed by atoms with Crippen molar-refractivity contribution in [2.75, 3.05) is 13.1 Å². The van der Waals surface area contributed by atoms with Crippen LogP contribution in [-0.2, 0) is 4.79 Å². The zero-order chi connectivity index (χ0) is 15.0. The molecule has 0 radical (unpaired) electrons. The summed E-state index contributed by atoms with van der Waals surface area (Å²) in [6, 6.07) is 5.27. The van der Waals surface area contributed by atoms with Gasteiger partial charge in [0.1, 0.15) is 0 Å². The van der Waals surface area contributed by atoms with E-state index in [0.29, 0.717) is 41.0 Å². The molecule has 0 aromatic heterocycles. The average Bonchev–Trinajstić information content (AvgIpc) is 2.46. The Labute approximate surface area is 133 Å². The lowest BCUT2D eigenvalue weighted by Gasteiger charge is -2.41. The second-order valence-corrected chi connectivity index (χ2v) is 6.42. The Morgan fingerprint density at radius 3 is 2.67 bits per heavy atom. The SMILES string of the molecule is O=C1CCC2CN(C(=O)c3c(Cl)cccc3Cl)CCC2N1. The predicted molar refractivity (Wildman–Crippen MR) is 81.6 cm³/mol. The highest BCUT2D eigenvalue weighted by Gasteiger charge is 2.36. The Kier molecular flexibility index (Phi) is 4.09. The van der Waals surface area contributed by atoms with E-state index < -0.39 is 0 Å². The summed E-state index contributed by atoms with van der Waals surface area (Å²) in [4.78, 5) is 25.9. The van der Waals surface area contributed by atoms with Crippen molar-refractivity contribution in [2.24, 2.45) is 5.92 Å². The van der Waals surface area contributed by atoms with Crippen molar-refractivity contribution < 1.29 is 9.59 Å². The van der Waals surface area contributed by atoms with E-state index in [-0.39, 0.29) is 17.9 Å². The van der Waals surface area contributed by atoms with Crippen molar-refractivity contribution in [3.05, 3.63) is 33.8 Å². The highest BCUT2D eigenvalue weighted by molar-refractivity contribution is 6.39. The lowest BCUT2D eigenvalue weighted by Crippen LogP contribution is -2.55. The summed E-state index contributed by atoms with van der Waals surface area (Å²) < 4.78 is 0.